The Balaban J connectivity index is 1.92. The first-order chi connectivity index (χ1) is 9.56. The molecule has 0 bridgehead atoms. The summed E-state index contributed by atoms with van der Waals surface area (Å²) in [6.07, 6.45) is 3.31. The molecule has 0 radical (unpaired) electrons. The fourth-order valence-corrected chi connectivity index (χ4v) is 2.23. The number of carbonyl (C=O) groups is 2. The van der Waals surface area contributed by atoms with Gasteiger partial charge < -0.3 is 5.32 Å². The lowest BCUT2D eigenvalue weighted by Gasteiger charge is -2.12. The highest BCUT2D eigenvalue weighted by Gasteiger charge is 2.40. The molecule has 0 aliphatic carbocycles. The number of urea groups is 1. The maximum atomic E-state index is 12.4. The molecular weight excluding hydrogens is 256 g/mol. The zero-order chi connectivity index (χ0) is 14.3. The summed E-state index contributed by atoms with van der Waals surface area (Å²) in [4.78, 5) is 25.6. The molecule has 3 amide bonds. The summed E-state index contributed by atoms with van der Waals surface area (Å²) in [7, 11) is 1.77. The Hall–Kier alpha value is -2.63. The number of imide groups is 1. The van der Waals surface area contributed by atoms with E-state index in [0.717, 1.165) is 10.5 Å². The third kappa shape index (κ3) is 1.95. The number of aryl methyl sites for hydroxylation is 2. The van der Waals surface area contributed by atoms with Crippen molar-refractivity contribution in [3.05, 3.63) is 47.8 Å². The van der Waals surface area contributed by atoms with Crippen LogP contribution in [0.15, 0.2) is 36.7 Å². The molecule has 1 aliphatic heterocycles. The highest BCUT2D eigenvalue weighted by Crippen LogP contribution is 2.26. The van der Waals surface area contributed by atoms with Crippen LogP contribution in [-0.2, 0) is 11.8 Å². The molecule has 1 aliphatic rings. The summed E-state index contributed by atoms with van der Waals surface area (Å²) in [5.74, 6) is -0.285. The van der Waals surface area contributed by atoms with Crippen molar-refractivity contribution < 1.29 is 9.59 Å². The zero-order valence-corrected chi connectivity index (χ0v) is 11.2. The lowest BCUT2D eigenvalue weighted by molar-refractivity contribution is -0.118. The summed E-state index contributed by atoms with van der Waals surface area (Å²) >= 11 is 0. The Labute approximate surface area is 116 Å². The van der Waals surface area contributed by atoms with Crippen LogP contribution in [0.2, 0.25) is 0 Å². The van der Waals surface area contributed by atoms with Crippen molar-refractivity contribution in [1.29, 1.82) is 0 Å². The van der Waals surface area contributed by atoms with E-state index < -0.39 is 12.1 Å². The minimum absolute atomic E-state index is 0.285. The van der Waals surface area contributed by atoms with Gasteiger partial charge in [-0.15, -0.1) is 0 Å². The highest BCUT2D eigenvalue weighted by atomic mass is 16.2. The van der Waals surface area contributed by atoms with Crippen molar-refractivity contribution in [1.82, 2.24) is 15.1 Å². The largest absolute Gasteiger partial charge is 0.329 e. The molecule has 1 atom stereocenters. The number of amides is 3. The van der Waals surface area contributed by atoms with E-state index in [1.807, 2.05) is 19.1 Å². The Morgan fingerprint density at radius 2 is 1.90 bits per heavy atom. The van der Waals surface area contributed by atoms with Crippen molar-refractivity contribution in [2.75, 3.05) is 4.90 Å². The van der Waals surface area contributed by atoms with Crippen LogP contribution in [0.4, 0.5) is 10.5 Å². The van der Waals surface area contributed by atoms with Crippen LogP contribution in [0.25, 0.3) is 0 Å². The topological polar surface area (TPSA) is 67.2 Å². The molecule has 0 saturated carbocycles. The number of anilines is 1. The first kappa shape index (κ1) is 12.4. The van der Waals surface area contributed by atoms with E-state index in [-0.39, 0.29) is 5.91 Å². The summed E-state index contributed by atoms with van der Waals surface area (Å²) in [5, 5.41) is 6.71. The van der Waals surface area contributed by atoms with E-state index in [9.17, 15) is 9.59 Å². The molecule has 6 heteroatoms. The molecule has 2 aromatic rings. The summed E-state index contributed by atoms with van der Waals surface area (Å²) in [6, 6.07) is 6.18. The van der Waals surface area contributed by atoms with Crippen LogP contribution in [0.5, 0.6) is 0 Å². The van der Waals surface area contributed by atoms with Gasteiger partial charge in [-0.2, -0.15) is 5.10 Å². The van der Waals surface area contributed by atoms with Gasteiger partial charge in [0, 0.05) is 18.8 Å². The number of carbonyl (C=O) groups excluding carboxylic acids is 2. The molecule has 1 aromatic heterocycles. The molecule has 1 N–H and O–H groups in total. The van der Waals surface area contributed by atoms with Crippen molar-refractivity contribution >= 4 is 17.6 Å². The predicted molar refractivity (Wildman–Crippen MR) is 73.1 cm³/mol. The number of nitrogens with zero attached hydrogens (tertiary/aromatic N) is 3. The summed E-state index contributed by atoms with van der Waals surface area (Å²) in [6.45, 7) is 1.95. The van der Waals surface area contributed by atoms with Gasteiger partial charge >= 0.3 is 6.03 Å². The first-order valence-corrected chi connectivity index (χ1v) is 6.26. The van der Waals surface area contributed by atoms with Gasteiger partial charge in [0.15, 0.2) is 0 Å². The Morgan fingerprint density at radius 1 is 1.20 bits per heavy atom. The minimum Gasteiger partial charge on any atom is -0.321 e. The Kier molecular flexibility index (Phi) is 2.78. The van der Waals surface area contributed by atoms with Gasteiger partial charge in [0.05, 0.1) is 11.9 Å². The van der Waals surface area contributed by atoms with Gasteiger partial charge in [-0.05, 0) is 19.1 Å². The molecule has 6 nitrogen and oxygen atoms in total. The Morgan fingerprint density at radius 3 is 2.50 bits per heavy atom. The molecule has 3 rings (SSSR count). The fourth-order valence-electron chi connectivity index (χ4n) is 2.23. The van der Waals surface area contributed by atoms with Gasteiger partial charge in [0.1, 0.15) is 6.04 Å². The number of nitrogens with one attached hydrogen (secondary N) is 1. The van der Waals surface area contributed by atoms with E-state index >= 15 is 0 Å². The highest BCUT2D eigenvalue weighted by molar-refractivity contribution is 6.21. The predicted octanol–water partition coefficient (Wildman–Crippen LogP) is 1.53. The van der Waals surface area contributed by atoms with E-state index in [2.05, 4.69) is 10.4 Å². The lowest BCUT2D eigenvalue weighted by Crippen LogP contribution is -2.30. The third-order valence-corrected chi connectivity index (χ3v) is 3.29. The third-order valence-electron chi connectivity index (χ3n) is 3.29. The number of hydrogen-bond donors (Lipinski definition) is 1. The fraction of sp³-hybridized carbons (Fsp3) is 0.214. The molecule has 102 valence electrons. The second kappa shape index (κ2) is 4.48. The van der Waals surface area contributed by atoms with Crippen molar-refractivity contribution in [3.8, 4) is 0 Å². The molecule has 2 heterocycles. The average Bonchev–Trinajstić information content (AvgIpc) is 2.95. The quantitative estimate of drug-likeness (QED) is 0.841. The van der Waals surface area contributed by atoms with E-state index in [0.29, 0.717) is 11.3 Å². The van der Waals surface area contributed by atoms with Crippen molar-refractivity contribution in [2.24, 2.45) is 7.05 Å². The van der Waals surface area contributed by atoms with E-state index in [1.54, 1.807) is 36.3 Å². The molecule has 1 fully saturated rings. The monoisotopic (exact) mass is 270 g/mol. The van der Waals surface area contributed by atoms with Crippen LogP contribution in [0.1, 0.15) is 17.2 Å². The normalized spacial score (nSPS) is 18.5. The summed E-state index contributed by atoms with van der Waals surface area (Å²) < 4.78 is 1.60. The van der Waals surface area contributed by atoms with Gasteiger partial charge in [-0.25, -0.2) is 9.69 Å². The van der Waals surface area contributed by atoms with Crippen molar-refractivity contribution in [3.63, 3.8) is 0 Å². The Bertz CT molecular complexity index is 675. The molecule has 1 saturated heterocycles. The zero-order valence-electron chi connectivity index (χ0n) is 11.2. The molecule has 20 heavy (non-hydrogen) atoms. The number of rotatable bonds is 2. The minimum atomic E-state index is -0.669. The van der Waals surface area contributed by atoms with Crippen LogP contribution in [0, 0.1) is 6.92 Å². The average molecular weight is 270 g/mol. The van der Waals surface area contributed by atoms with Gasteiger partial charge in [-0.1, -0.05) is 17.7 Å². The van der Waals surface area contributed by atoms with Crippen molar-refractivity contribution in [2.45, 2.75) is 13.0 Å². The molecule has 0 spiro atoms. The van der Waals surface area contributed by atoms with Gasteiger partial charge in [0.25, 0.3) is 5.91 Å². The summed E-state index contributed by atoms with van der Waals surface area (Å²) in [5.41, 5.74) is 2.33. The number of hydrogen-bond acceptors (Lipinski definition) is 3. The number of benzene rings is 1. The molecular formula is C14H14N4O2. The second-order valence-corrected chi connectivity index (χ2v) is 4.84. The van der Waals surface area contributed by atoms with E-state index in [4.69, 9.17) is 0 Å². The maximum Gasteiger partial charge on any atom is 0.329 e. The second-order valence-electron chi connectivity index (χ2n) is 4.84. The lowest BCUT2D eigenvalue weighted by atomic mass is 10.1. The maximum absolute atomic E-state index is 12.4. The van der Waals surface area contributed by atoms with Crippen LogP contribution in [0.3, 0.4) is 0 Å². The van der Waals surface area contributed by atoms with Crippen LogP contribution >= 0.6 is 0 Å². The van der Waals surface area contributed by atoms with Gasteiger partial charge in [0.2, 0.25) is 0 Å². The first-order valence-electron chi connectivity index (χ1n) is 6.26. The molecule has 1 unspecified atom stereocenters. The van der Waals surface area contributed by atoms with Crippen LogP contribution in [-0.4, -0.2) is 21.7 Å². The SMILES string of the molecule is Cc1ccc(N2C(=O)NC(c3cnn(C)c3)C2=O)cc1. The standard InChI is InChI=1S/C14H14N4O2/c1-9-3-5-11(6-4-9)18-13(19)12(16-14(18)20)10-7-15-17(2)8-10/h3-8,12H,1-2H3,(H,16,20). The van der Waals surface area contributed by atoms with Gasteiger partial charge in [-0.3, -0.25) is 9.48 Å². The molecule has 1 aromatic carbocycles. The van der Waals surface area contributed by atoms with Crippen LogP contribution < -0.4 is 10.2 Å². The number of aromatic nitrogens is 2. The smallest absolute Gasteiger partial charge is 0.321 e. The van der Waals surface area contributed by atoms with E-state index in [1.165, 1.54) is 0 Å².